The van der Waals surface area contributed by atoms with E-state index in [9.17, 15) is 9.59 Å². The standard InChI is InChI=1S/C30H35N3O4/c1-3-15-31-29(34)26-18-37-27(32-26)19-36-24-13-12-21-14-16-33(30(35)23-6-4-5-7-23)28(25(21)17-24)22-10-8-20(2)9-11-22/h8-13,17-18,23,28H,3-7,14-16,19H2,1-2H3,(H,31,34)/t28-/m0/s1. The van der Waals surface area contributed by atoms with Crippen LogP contribution in [0.5, 0.6) is 5.75 Å². The Morgan fingerprint density at radius 3 is 2.68 bits per heavy atom. The van der Waals surface area contributed by atoms with Gasteiger partial charge in [-0.1, -0.05) is 55.7 Å². The number of carbonyl (C=O) groups excluding carboxylic acids is 2. The number of aromatic nitrogens is 1. The molecule has 0 saturated heterocycles. The SMILES string of the molecule is CCCNC(=O)c1coc(COc2ccc3c(c2)[C@H](c2ccc(C)cc2)N(C(=O)C2CCCC2)CC3)n1. The lowest BCUT2D eigenvalue weighted by Gasteiger charge is -2.39. The predicted molar refractivity (Wildman–Crippen MR) is 140 cm³/mol. The van der Waals surface area contributed by atoms with E-state index in [4.69, 9.17) is 9.15 Å². The lowest BCUT2D eigenvalue weighted by molar-refractivity contribution is -0.137. The van der Waals surface area contributed by atoms with Gasteiger partial charge in [-0.2, -0.15) is 0 Å². The molecule has 7 nitrogen and oxygen atoms in total. The molecule has 7 heteroatoms. The molecule has 1 aromatic heterocycles. The number of ether oxygens (including phenoxy) is 1. The van der Waals surface area contributed by atoms with Crippen LogP contribution in [0, 0.1) is 12.8 Å². The minimum Gasteiger partial charge on any atom is -0.484 e. The summed E-state index contributed by atoms with van der Waals surface area (Å²) in [5.74, 6) is 1.17. The van der Waals surface area contributed by atoms with Crippen LogP contribution in [0.1, 0.15) is 83.7 Å². The maximum absolute atomic E-state index is 13.6. The summed E-state index contributed by atoms with van der Waals surface area (Å²) in [7, 11) is 0. The highest BCUT2D eigenvalue weighted by Crippen LogP contribution is 2.39. The number of rotatable bonds is 8. The van der Waals surface area contributed by atoms with Gasteiger partial charge in [-0.15, -0.1) is 0 Å². The number of hydrogen-bond acceptors (Lipinski definition) is 5. The highest BCUT2D eigenvalue weighted by Gasteiger charge is 2.36. The summed E-state index contributed by atoms with van der Waals surface area (Å²) in [4.78, 5) is 32.1. The first-order chi connectivity index (χ1) is 18.0. The summed E-state index contributed by atoms with van der Waals surface area (Å²) in [5.41, 5.74) is 4.90. The van der Waals surface area contributed by atoms with Crippen molar-refractivity contribution >= 4 is 11.8 Å². The Bertz CT molecular complexity index is 1240. The quantitative estimate of drug-likeness (QED) is 0.449. The zero-order valence-corrected chi connectivity index (χ0v) is 21.7. The predicted octanol–water partition coefficient (Wildman–Crippen LogP) is 5.37. The summed E-state index contributed by atoms with van der Waals surface area (Å²) in [6.45, 7) is 5.50. The zero-order valence-electron chi connectivity index (χ0n) is 21.7. The van der Waals surface area contributed by atoms with E-state index < -0.39 is 0 Å². The number of oxazole rings is 1. The maximum Gasteiger partial charge on any atom is 0.273 e. The van der Waals surface area contributed by atoms with Crippen molar-refractivity contribution in [2.45, 2.75) is 65.0 Å². The van der Waals surface area contributed by atoms with Crippen LogP contribution in [0.2, 0.25) is 0 Å². The van der Waals surface area contributed by atoms with Crippen molar-refractivity contribution in [3.8, 4) is 5.75 Å². The van der Waals surface area contributed by atoms with Gasteiger partial charge in [-0.05, 0) is 61.4 Å². The number of nitrogens with zero attached hydrogens (tertiary/aromatic N) is 2. The maximum atomic E-state index is 13.6. The van der Waals surface area contributed by atoms with Crippen molar-refractivity contribution in [3.05, 3.63) is 82.6 Å². The number of carbonyl (C=O) groups is 2. The fourth-order valence-corrected chi connectivity index (χ4v) is 5.39. The number of amides is 2. The number of aryl methyl sites for hydroxylation is 1. The molecule has 0 unspecified atom stereocenters. The molecular weight excluding hydrogens is 466 g/mol. The van der Waals surface area contributed by atoms with Crippen LogP contribution in [-0.4, -0.2) is 34.8 Å². The second-order valence-electron chi connectivity index (χ2n) is 10.1. The van der Waals surface area contributed by atoms with Crippen molar-refractivity contribution < 1.29 is 18.7 Å². The highest BCUT2D eigenvalue weighted by atomic mass is 16.5. The molecule has 0 bridgehead atoms. The van der Waals surface area contributed by atoms with E-state index in [0.29, 0.717) is 18.2 Å². The molecule has 1 aliphatic heterocycles. The Morgan fingerprint density at radius 2 is 1.92 bits per heavy atom. The molecule has 1 atom stereocenters. The molecule has 2 heterocycles. The fraction of sp³-hybridized carbons (Fsp3) is 0.433. The summed E-state index contributed by atoms with van der Waals surface area (Å²) < 4.78 is 11.5. The van der Waals surface area contributed by atoms with Gasteiger partial charge >= 0.3 is 0 Å². The molecule has 0 spiro atoms. The van der Waals surface area contributed by atoms with Gasteiger partial charge in [0.25, 0.3) is 5.91 Å². The molecule has 2 aromatic carbocycles. The van der Waals surface area contributed by atoms with Gasteiger partial charge < -0.3 is 19.4 Å². The molecule has 0 radical (unpaired) electrons. The Hall–Kier alpha value is -3.61. The van der Waals surface area contributed by atoms with E-state index in [1.165, 1.54) is 17.4 Å². The van der Waals surface area contributed by atoms with Crippen LogP contribution in [0.15, 0.2) is 53.1 Å². The monoisotopic (exact) mass is 501 g/mol. The summed E-state index contributed by atoms with van der Waals surface area (Å²) in [5, 5.41) is 2.79. The second-order valence-corrected chi connectivity index (χ2v) is 10.1. The molecule has 5 rings (SSSR count). The molecule has 2 amide bonds. The largest absolute Gasteiger partial charge is 0.484 e. The summed E-state index contributed by atoms with van der Waals surface area (Å²) >= 11 is 0. The average molecular weight is 502 g/mol. The lowest BCUT2D eigenvalue weighted by Crippen LogP contribution is -2.43. The Kier molecular flexibility index (Phi) is 7.58. The molecule has 1 aliphatic carbocycles. The van der Waals surface area contributed by atoms with Crippen LogP contribution >= 0.6 is 0 Å². The van der Waals surface area contributed by atoms with Crippen molar-refractivity contribution in [1.82, 2.24) is 15.2 Å². The van der Waals surface area contributed by atoms with Crippen molar-refractivity contribution in [2.75, 3.05) is 13.1 Å². The second kappa shape index (κ2) is 11.2. The molecule has 1 fully saturated rings. The van der Waals surface area contributed by atoms with Gasteiger partial charge in [-0.25, -0.2) is 4.98 Å². The van der Waals surface area contributed by atoms with Gasteiger partial charge in [0.1, 0.15) is 12.0 Å². The molecule has 1 saturated carbocycles. The number of hydrogen-bond donors (Lipinski definition) is 1. The minimum atomic E-state index is -0.251. The molecule has 1 N–H and O–H groups in total. The minimum absolute atomic E-state index is 0.111. The van der Waals surface area contributed by atoms with Crippen LogP contribution in [0.25, 0.3) is 0 Å². The first-order valence-corrected chi connectivity index (χ1v) is 13.4. The normalized spacial score (nSPS) is 17.5. The highest BCUT2D eigenvalue weighted by molar-refractivity contribution is 5.91. The number of fused-ring (bicyclic) bond motifs is 1. The van der Waals surface area contributed by atoms with Crippen molar-refractivity contribution in [3.63, 3.8) is 0 Å². The Morgan fingerprint density at radius 1 is 1.14 bits per heavy atom. The molecule has 194 valence electrons. The smallest absolute Gasteiger partial charge is 0.273 e. The first-order valence-electron chi connectivity index (χ1n) is 13.4. The Labute approximate surface area is 218 Å². The van der Waals surface area contributed by atoms with E-state index in [2.05, 4.69) is 52.5 Å². The van der Waals surface area contributed by atoms with Crippen LogP contribution < -0.4 is 10.1 Å². The summed E-state index contributed by atoms with van der Waals surface area (Å²) in [6.07, 6.45) is 7.28. The lowest BCUT2D eigenvalue weighted by atomic mass is 9.86. The van der Waals surface area contributed by atoms with E-state index in [1.807, 2.05) is 19.1 Å². The average Bonchev–Trinajstić information content (AvgIpc) is 3.63. The molecule has 3 aromatic rings. The molecular formula is C30H35N3O4. The number of benzene rings is 2. The van der Waals surface area contributed by atoms with E-state index in [-0.39, 0.29) is 36.1 Å². The van der Waals surface area contributed by atoms with E-state index >= 15 is 0 Å². The molecule has 37 heavy (non-hydrogen) atoms. The topological polar surface area (TPSA) is 84.7 Å². The first kappa shape index (κ1) is 25.1. The Balaban J connectivity index is 1.38. The third kappa shape index (κ3) is 5.55. The van der Waals surface area contributed by atoms with Gasteiger partial charge in [0.05, 0.1) is 6.04 Å². The third-order valence-electron chi connectivity index (χ3n) is 7.41. The van der Waals surface area contributed by atoms with E-state index in [1.54, 1.807) is 0 Å². The van der Waals surface area contributed by atoms with Crippen LogP contribution in [0.4, 0.5) is 0 Å². The van der Waals surface area contributed by atoms with Crippen molar-refractivity contribution in [2.24, 2.45) is 5.92 Å². The van der Waals surface area contributed by atoms with Crippen LogP contribution in [0.3, 0.4) is 0 Å². The van der Waals surface area contributed by atoms with Crippen LogP contribution in [-0.2, 0) is 17.8 Å². The third-order valence-corrected chi connectivity index (χ3v) is 7.41. The molecule has 2 aliphatic rings. The van der Waals surface area contributed by atoms with E-state index in [0.717, 1.165) is 56.2 Å². The van der Waals surface area contributed by atoms with Gasteiger partial charge in [-0.3, -0.25) is 9.59 Å². The van der Waals surface area contributed by atoms with Gasteiger partial charge in [0.2, 0.25) is 11.8 Å². The fourth-order valence-electron chi connectivity index (χ4n) is 5.39. The zero-order chi connectivity index (χ0) is 25.8. The van der Waals surface area contributed by atoms with Gasteiger partial charge in [0.15, 0.2) is 12.3 Å². The van der Waals surface area contributed by atoms with Crippen molar-refractivity contribution in [1.29, 1.82) is 0 Å². The number of nitrogens with one attached hydrogen (secondary N) is 1. The van der Waals surface area contributed by atoms with Gasteiger partial charge in [0, 0.05) is 19.0 Å². The summed E-state index contributed by atoms with van der Waals surface area (Å²) in [6, 6.07) is 14.4.